The van der Waals surface area contributed by atoms with Crippen LogP contribution in [0.2, 0.25) is 0 Å². The zero-order valence-corrected chi connectivity index (χ0v) is 16.2. The van der Waals surface area contributed by atoms with Crippen LogP contribution < -0.4 is 10.0 Å². The topological polar surface area (TPSA) is 75.3 Å². The number of hydrogen-bond donors (Lipinski definition) is 2. The SMILES string of the molecule is C=CCNC(=O)C1(c2ccc(NS(=O)(=O)c3ccc(CC)cc3)cc2)CC1. The van der Waals surface area contributed by atoms with Gasteiger partial charge in [0.1, 0.15) is 0 Å². The van der Waals surface area contributed by atoms with Gasteiger partial charge in [-0.2, -0.15) is 0 Å². The van der Waals surface area contributed by atoms with Crippen molar-refractivity contribution in [3.8, 4) is 0 Å². The van der Waals surface area contributed by atoms with Crippen LogP contribution in [-0.2, 0) is 26.7 Å². The lowest BCUT2D eigenvalue weighted by atomic mass is 9.95. The molecule has 0 spiro atoms. The molecule has 2 N–H and O–H groups in total. The molecule has 0 saturated heterocycles. The second-order valence-electron chi connectivity index (χ2n) is 6.76. The fourth-order valence-corrected chi connectivity index (χ4v) is 4.14. The highest BCUT2D eigenvalue weighted by Crippen LogP contribution is 2.48. The number of anilines is 1. The molecule has 1 saturated carbocycles. The zero-order valence-electron chi connectivity index (χ0n) is 15.4. The summed E-state index contributed by atoms with van der Waals surface area (Å²) in [6.45, 7) is 6.07. The summed E-state index contributed by atoms with van der Waals surface area (Å²) < 4.78 is 27.7. The van der Waals surface area contributed by atoms with Crippen LogP contribution in [0, 0.1) is 0 Å². The largest absolute Gasteiger partial charge is 0.352 e. The Bertz CT molecular complexity index is 928. The van der Waals surface area contributed by atoms with Gasteiger partial charge in [-0.3, -0.25) is 9.52 Å². The van der Waals surface area contributed by atoms with Crippen LogP contribution >= 0.6 is 0 Å². The number of sulfonamides is 1. The van der Waals surface area contributed by atoms with Crippen LogP contribution in [0.15, 0.2) is 66.1 Å². The number of carbonyl (C=O) groups is 1. The molecule has 2 aromatic rings. The average molecular weight is 385 g/mol. The number of amides is 1. The predicted octanol–water partition coefficient (Wildman–Crippen LogP) is 3.38. The molecular formula is C21H24N2O3S. The third-order valence-corrected chi connectivity index (χ3v) is 6.32. The van der Waals surface area contributed by atoms with E-state index in [1.54, 1.807) is 30.3 Å². The Hall–Kier alpha value is -2.60. The van der Waals surface area contributed by atoms with E-state index in [0.29, 0.717) is 12.2 Å². The van der Waals surface area contributed by atoms with Gasteiger partial charge in [-0.05, 0) is 54.7 Å². The van der Waals surface area contributed by atoms with Crippen molar-refractivity contribution in [1.29, 1.82) is 0 Å². The molecule has 0 aliphatic heterocycles. The fraction of sp³-hybridized carbons (Fsp3) is 0.286. The lowest BCUT2D eigenvalue weighted by Gasteiger charge is -2.16. The van der Waals surface area contributed by atoms with Gasteiger partial charge in [0.25, 0.3) is 10.0 Å². The maximum absolute atomic E-state index is 12.5. The van der Waals surface area contributed by atoms with Crippen molar-refractivity contribution in [2.75, 3.05) is 11.3 Å². The van der Waals surface area contributed by atoms with Crippen molar-refractivity contribution in [2.24, 2.45) is 0 Å². The standard InChI is InChI=1S/C21H24N2O3S/c1-3-15-22-20(24)21(13-14-21)17-7-9-18(10-8-17)23-27(25,26)19-11-5-16(4-2)6-12-19/h3,5-12,23H,1,4,13-15H2,2H3,(H,22,24). The lowest BCUT2D eigenvalue weighted by Crippen LogP contribution is -2.34. The van der Waals surface area contributed by atoms with Gasteiger partial charge in [-0.15, -0.1) is 6.58 Å². The van der Waals surface area contributed by atoms with Gasteiger partial charge < -0.3 is 5.32 Å². The van der Waals surface area contributed by atoms with E-state index < -0.39 is 15.4 Å². The molecule has 0 bridgehead atoms. The molecule has 0 radical (unpaired) electrons. The second kappa shape index (κ2) is 7.56. The summed E-state index contributed by atoms with van der Waals surface area (Å²) in [5.41, 5.74) is 1.97. The zero-order chi connectivity index (χ0) is 19.5. The molecule has 27 heavy (non-hydrogen) atoms. The molecule has 142 valence electrons. The van der Waals surface area contributed by atoms with E-state index in [-0.39, 0.29) is 10.8 Å². The number of rotatable bonds is 8. The maximum atomic E-state index is 12.5. The summed E-state index contributed by atoms with van der Waals surface area (Å²) in [4.78, 5) is 12.6. The number of aryl methyl sites for hydroxylation is 1. The van der Waals surface area contributed by atoms with Crippen molar-refractivity contribution in [2.45, 2.75) is 36.5 Å². The molecule has 1 fully saturated rings. The summed E-state index contributed by atoms with van der Waals surface area (Å²) in [6, 6.07) is 13.9. The van der Waals surface area contributed by atoms with Gasteiger partial charge in [0, 0.05) is 12.2 Å². The molecule has 0 heterocycles. The number of nitrogens with one attached hydrogen (secondary N) is 2. The molecule has 1 amide bonds. The van der Waals surface area contributed by atoms with Crippen LogP contribution in [0.5, 0.6) is 0 Å². The lowest BCUT2D eigenvalue weighted by molar-refractivity contribution is -0.123. The first-order valence-electron chi connectivity index (χ1n) is 9.03. The van der Waals surface area contributed by atoms with E-state index >= 15 is 0 Å². The Morgan fingerprint density at radius 3 is 2.26 bits per heavy atom. The van der Waals surface area contributed by atoms with Crippen molar-refractivity contribution in [3.63, 3.8) is 0 Å². The summed E-state index contributed by atoms with van der Waals surface area (Å²) in [6.07, 6.45) is 4.10. The quantitative estimate of drug-likeness (QED) is 0.685. The molecule has 3 rings (SSSR count). The monoisotopic (exact) mass is 384 g/mol. The van der Waals surface area contributed by atoms with Crippen LogP contribution in [0.25, 0.3) is 0 Å². The fourth-order valence-electron chi connectivity index (χ4n) is 3.08. The molecule has 0 atom stereocenters. The van der Waals surface area contributed by atoms with E-state index in [4.69, 9.17) is 0 Å². The average Bonchev–Trinajstić information content (AvgIpc) is 3.48. The van der Waals surface area contributed by atoms with Gasteiger partial charge in [0.05, 0.1) is 10.3 Å². The highest BCUT2D eigenvalue weighted by atomic mass is 32.2. The highest BCUT2D eigenvalue weighted by Gasteiger charge is 2.50. The van der Waals surface area contributed by atoms with Gasteiger partial charge >= 0.3 is 0 Å². The first-order valence-corrected chi connectivity index (χ1v) is 10.5. The van der Waals surface area contributed by atoms with Crippen molar-refractivity contribution in [1.82, 2.24) is 5.32 Å². The minimum atomic E-state index is -3.64. The Labute approximate surface area is 160 Å². The van der Waals surface area contributed by atoms with Gasteiger partial charge in [0.2, 0.25) is 5.91 Å². The summed E-state index contributed by atoms with van der Waals surface area (Å²) >= 11 is 0. The molecule has 5 nitrogen and oxygen atoms in total. The molecular weight excluding hydrogens is 360 g/mol. The molecule has 2 aromatic carbocycles. The van der Waals surface area contributed by atoms with E-state index in [1.165, 1.54) is 0 Å². The second-order valence-corrected chi connectivity index (χ2v) is 8.44. The van der Waals surface area contributed by atoms with Crippen LogP contribution in [0.3, 0.4) is 0 Å². The third kappa shape index (κ3) is 4.06. The molecule has 0 aromatic heterocycles. The van der Waals surface area contributed by atoms with E-state index in [1.807, 2.05) is 31.2 Å². The number of carbonyl (C=O) groups excluding carboxylic acids is 1. The van der Waals surface area contributed by atoms with Crippen molar-refractivity contribution >= 4 is 21.6 Å². The maximum Gasteiger partial charge on any atom is 0.261 e. The van der Waals surface area contributed by atoms with Crippen molar-refractivity contribution in [3.05, 3.63) is 72.3 Å². The van der Waals surface area contributed by atoms with Crippen LogP contribution in [0.1, 0.15) is 30.9 Å². The van der Waals surface area contributed by atoms with Gasteiger partial charge in [-0.1, -0.05) is 37.3 Å². The molecule has 6 heteroatoms. The van der Waals surface area contributed by atoms with Gasteiger partial charge in [-0.25, -0.2) is 8.42 Å². The minimum Gasteiger partial charge on any atom is -0.352 e. The van der Waals surface area contributed by atoms with Gasteiger partial charge in [0.15, 0.2) is 0 Å². The first-order chi connectivity index (χ1) is 12.9. The normalized spacial score (nSPS) is 15.0. The Morgan fingerprint density at radius 1 is 1.11 bits per heavy atom. The summed E-state index contributed by atoms with van der Waals surface area (Å²) in [5.74, 6) is -0.00764. The Balaban J connectivity index is 1.73. The highest BCUT2D eigenvalue weighted by molar-refractivity contribution is 7.92. The summed E-state index contributed by atoms with van der Waals surface area (Å²) in [7, 11) is -3.64. The van der Waals surface area contributed by atoms with E-state index in [2.05, 4.69) is 16.6 Å². The smallest absolute Gasteiger partial charge is 0.261 e. The Kier molecular flexibility index (Phi) is 5.37. The third-order valence-electron chi connectivity index (χ3n) is 4.92. The Morgan fingerprint density at radius 2 is 1.74 bits per heavy atom. The van der Waals surface area contributed by atoms with Crippen LogP contribution in [-0.4, -0.2) is 20.9 Å². The molecule has 0 unspecified atom stereocenters. The first kappa shape index (κ1) is 19.2. The summed E-state index contributed by atoms with van der Waals surface area (Å²) in [5, 5.41) is 2.85. The van der Waals surface area contributed by atoms with Crippen LogP contribution in [0.4, 0.5) is 5.69 Å². The number of hydrogen-bond acceptors (Lipinski definition) is 3. The van der Waals surface area contributed by atoms with E-state index in [0.717, 1.165) is 30.4 Å². The minimum absolute atomic E-state index is 0.00764. The van der Waals surface area contributed by atoms with E-state index in [9.17, 15) is 13.2 Å². The predicted molar refractivity (Wildman–Crippen MR) is 107 cm³/mol. The van der Waals surface area contributed by atoms with Crippen molar-refractivity contribution < 1.29 is 13.2 Å². The number of benzene rings is 2. The molecule has 1 aliphatic carbocycles. The molecule has 1 aliphatic rings.